The van der Waals surface area contributed by atoms with E-state index in [4.69, 9.17) is 21.1 Å². The lowest BCUT2D eigenvalue weighted by Gasteiger charge is -2.11. The molecule has 1 N–H and O–H groups in total. The molecular formula is C22H18ClF3N2O2. The van der Waals surface area contributed by atoms with Crippen molar-refractivity contribution in [2.45, 2.75) is 12.8 Å². The number of methoxy groups -OCH3 is 1. The third kappa shape index (κ3) is 5.90. The fourth-order valence-corrected chi connectivity index (χ4v) is 2.80. The molecule has 0 aliphatic carbocycles. The van der Waals surface area contributed by atoms with E-state index in [1.807, 2.05) is 18.2 Å². The van der Waals surface area contributed by atoms with E-state index < -0.39 is 11.7 Å². The van der Waals surface area contributed by atoms with Crippen LogP contribution in [0.2, 0.25) is 5.02 Å². The van der Waals surface area contributed by atoms with Crippen LogP contribution in [-0.2, 0) is 12.8 Å². The fourth-order valence-electron chi connectivity index (χ4n) is 2.59. The van der Waals surface area contributed by atoms with Crippen LogP contribution in [0.25, 0.3) is 0 Å². The molecule has 3 aromatic rings. The molecule has 0 spiro atoms. The first-order valence-corrected chi connectivity index (χ1v) is 9.24. The molecule has 0 saturated carbocycles. The minimum absolute atomic E-state index is 0.333. The van der Waals surface area contributed by atoms with Gasteiger partial charge in [0, 0.05) is 5.02 Å². The average Bonchev–Trinajstić information content (AvgIpc) is 2.72. The topological polar surface area (TPSA) is 42.8 Å². The Morgan fingerprint density at radius 1 is 1.00 bits per heavy atom. The Morgan fingerprint density at radius 2 is 1.77 bits per heavy atom. The quantitative estimate of drug-likeness (QED) is 0.346. The molecule has 156 valence electrons. The van der Waals surface area contributed by atoms with Gasteiger partial charge in [-0.2, -0.15) is 18.3 Å². The average molecular weight is 435 g/mol. The van der Waals surface area contributed by atoms with Crippen molar-refractivity contribution in [2.75, 3.05) is 12.5 Å². The van der Waals surface area contributed by atoms with E-state index in [9.17, 15) is 13.2 Å². The molecule has 0 unspecified atom stereocenters. The highest BCUT2D eigenvalue weighted by Crippen LogP contribution is 2.30. The number of nitrogens with one attached hydrogen (secondary N) is 1. The molecule has 0 aromatic heterocycles. The predicted octanol–water partition coefficient (Wildman–Crippen LogP) is 6.39. The maximum Gasteiger partial charge on any atom is 0.416 e. The summed E-state index contributed by atoms with van der Waals surface area (Å²) < 4.78 is 48.9. The third-order valence-corrected chi connectivity index (χ3v) is 4.33. The highest BCUT2D eigenvalue weighted by atomic mass is 35.5. The molecule has 3 aromatic carbocycles. The molecule has 0 bridgehead atoms. The number of nitrogens with zero attached hydrogens (tertiary/aromatic N) is 1. The third-order valence-electron chi connectivity index (χ3n) is 4.09. The molecule has 0 aliphatic rings. The first kappa shape index (κ1) is 21.5. The Hall–Kier alpha value is -3.19. The Labute approximate surface area is 176 Å². The first-order valence-electron chi connectivity index (χ1n) is 8.87. The number of halogens is 4. The minimum atomic E-state index is -4.37. The van der Waals surface area contributed by atoms with Crippen molar-refractivity contribution in [3.8, 4) is 11.5 Å². The van der Waals surface area contributed by atoms with E-state index >= 15 is 0 Å². The maximum atomic E-state index is 12.6. The molecule has 30 heavy (non-hydrogen) atoms. The lowest BCUT2D eigenvalue weighted by atomic mass is 10.2. The zero-order valence-electron chi connectivity index (χ0n) is 15.9. The lowest BCUT2D eigenvalue weighted by molar-refractivity contribution is -0.137. The van der Waals surface area contributed by atoms with Crippen molar-refractivity contribution in [3.63, 3.8) is 0 Å². The van der Waals surface area contributed by atoms with Crippen LogP contribution in [0.4, 0.5) is 18.9 Å². The molecule has 0 amide bonds. The van der Waals surface area contributed by atoms with Gasteiger partial charge in [0.05, 0.1) is 24.6 Å². The molecule has 8 heteroatoms. The van der Waals surface area contributed by atoms with E-state index in [0.29, 0.717) is 28.8 Å². The number of rotatable bonds is 7. The lowest BCUT2D eigenvalue weighted by Crippen LogP contribution is -2.04. The largest absolute Gasteiger partial charge is 0.493 e. The summed E-state index contributed by atoms with van der Waals surface area (Å²) in [5, 5.41) is 4.68. The highest BCUT2D eigenvalue weighted by molar-refractivity contribution is 6.30. The molecule has 0 aliphatic heterocycles. The molecule has 0 radical (unpaired) electrons. The van der Waals surface area contributed by atoms with Crippen molar-refractivity contribution in [1.29, 1.82) is 0 Å². The van der Waals surface area contributed by atoms with Gasteiger partial charge in [-0.1, -0.05) is 23.7 Å². The number of benzene rings is 3. The van der Waals surface area contributed by atoms with Gasteiger partial charge in [0.1, 0.15) is 6.61 Å². The fraction of sp³-hybridized carbons (Fsp3) is 0.136. The van der Waals surface area contributed by atoms with Crippen LogP contribution in [0.5, 0.6) is 11.5 Å². The summed E-state index contributed by atoms with van der Waals surface area (Å²) in [7, 11) is 1.53. The van der Waals surface area contributed by atoms with Gasteiger partial charge in [-0.25, -0.2) is 0 Å². The van der Waals surface area contributed by atoms with Crippen molar-refractivity contribution >= 4 is 23.5 Å². The monoisotopic (exact) mass is 434 g/mol. The van der Waals surface area contributed by atoms with E-state index in [1.54, 1.807) is 24.3 Å². The van der Waals surface area contributed by atoms with Gasteiger partial charge < -0.3 is 9.47 Å². The zero-order chi connectivity index (χ0) is 21.6. The van der Waals surface area contributed by atoms with Crippen LogP contribution >= 0.6 is 11.6 Å². The molecule has 0 heterocycles. The van der Waals surface area contributed by atoms with Gasteiger partial charge in [-0.15, -0.1) is 0 Å². The number of anilines is 1. The van der Waals surface area contributed by atoms with Crippen molar-refractivity contribution in [1.82, 2.24) is 0 Å². The molecule has 3 rings (SSSR count). The number of hydrogen-bond donors (Lipinski definition) is 1. The van der Waals surface area contributed by atoms with Crippen LogP contribution in [0, 0.1) is 0 Å². The zero-order valence-corrected chi connectivity index (χ0v) is 16.7. The summed E-state index contributed by atoms with van der Waals surface area (Å²) in [5.74, 6) is 1.08. The van der Waals surface area contributed by atoms with E-state index in [-0.39, 0.29) is 0 Å². The highest BCUT2D eigenvalue weighted by Gasteiger charge is 2.29. The SMILES string of the molecule is COc1cc(C=NNc2ccc(C(F)(F)F)cc2)ccc1OCc1cccc(Cl)c1. The second-order valence-electron chi connectivity index (χ2n) is 6.27. The van der Waals surface area contributed by atoms with Crippen LogP contribution in [0.3, 0.4) is 0 Å². The van der Waals surface area contributed by atoms with Crippen LogP contribution < -0.4 is 14.9 Å². The Kier molecular flexibility index (Phi) is 6.84. The van der Waals surface area contributed by atoms with Crippen LogP contribution in [0.1, 0.15) is 16.7 Å². The summed E-state index contributed by atoms with van der Waals surface area (Å²) >= 11 is 5.98. The van der Waals surface area contributed by atoms with E-state index in [1.165, 1.54) is 25.5 Å². The summed E-state index contributed by atoms with van der Waals surface area (Å²) in [6, 6.07) is 17.3. The first-order chi connectivity index (χ1) is 14.3. The van der Waals surface area contributed by atoms with Gasteiger partial charge in [0.15, 0.2) is 11.5 Å². The minimum Gasteiger partial charge on any atom is -0.493 e. The maximum absolute atomic E-state index is 12.6. The number of hydrogen-bond acceptors (Lipinski definition) is 4. The summed E-state index contributed by atoms with van der Waals surface area (Å²) in [5.41, 5.74) is 4.07. The van der Waals surface area contributed by atoms with E-state index in [2.05, 4.69) is 10.5 Å². The van der Waals surface area contributed by atoms with Gasteiger partial charge >= 0.3 is 6.18 Å². The van der Waals surface area contributed by atoms with Gasteiger partial charge in [-0.05, 0) is 65.7 Å². The Morgan fingerprint density at radius 3 is 2.43 bits per heavy atom. The second-order valence-corrected chi connectivity index (χ2v) is 6.71. The number of hydrazone groups is 1. The Balaban J connectivity index is 1.62. The van der Waals surface area contributed by atoms with Crippen molar-refractivity contribution in [2.24, 2.45) is 5.10 Å². The van der Waals surface area contributed by atoms with Crippen LogP contribution in [0.15, 0.2) is 71.8 Å². The van der Waals surface area contributed by atoms with Crippen molar-refractivity contribution in [3.05, 3.63) is 88.4 Å². The van der Waals surface area contributed by atoms with Gasteiger partial charge in [0.25, 0.3) is 0 Å². The molecule has 0 fully saturated rings. The number of ether oxygens (including phenoxy) is 2. The molecule has 4 nitrogen and oxygen atoms in total. The predicted molar refractivity (Wildman–Crippen MR) is 111 cm³/mol. The standard InChI is InChI=1S/C22H18ClF3N2O2/c1-29-21-12-15(5-10-20(21)30-14-16-3-2-4-18(23)11-16)13-27-28-19-8-6-17(7-9-19)22(24,25)26/h2-13,28H,14H2,1H3. The summed E-state index contributed by atoms with van der Waals surface area (Å²) in [4.78, 5) is 0. The normalized spacial score (nSPS) is 11.5. The van der Waals surface area contributed by atoms with Gasteiger partial charge in [-0.3, -0.25) is 5.43 Å². The summed E-state index contributed by atoms with van der Waals surface area (Å²) in [6.45, 7) is 0.333. The van der Waals surface area contributed by atoms with Crippen molar-refractivity contribution < 1.29 is 22.6 Å². The second kappa shape index (κ2) is 9.54. The molecule has 0 saturated heterocycles. The Bertz CT molecular complexity index is 1020. The van der Waals surface area contributed by atoms with Crippen LogP contribution in [-0.4, -0.2) is 13.3 Å². The smallest absolute Gasteiger partial charge is 0.416 e. The molecular weight excluding hydrogens is 417 g/mol. The van der Waals surface area contributed by atoms with E-state index in [0.717, 1.165) is 23.3 Å². The summed E-state index contributed by atoms with van der Waals surface area (Å²) in [6.07, 6.45) is -2.84. The molecule has 0 atom stereocenters. The van der Waals surface area contributed by atoms with Gasteiger partial charge in [0.2, 0.25) is 0 Å². The number of alkyl halides is 3.